The number of anilines is 1. The molecule has 0 amide bonds. The van der Waals surface area contributed by atoms with Crippen LogP contribution in [0.4, 0.5) is 5.69 Å². The van der Waals surface area contributed by atoms with Crippen molar-refractivity contribution >= 4 is 56.7 Å². The third-order valence-electron chi connectivity index (χ3n) is 3.18. The molecule has 6 heteroatoms. The van der Waals surface area contributed by atoms with Gasteiger partial charge in [0, 0.05) is 11.0 Å². The van der Waals surface area contributed by atoms with Crippen molar-refractivity contribution in [2.24, 2.45) is 0 Å². The first kappa shape index (κ1) is 18.7. The van der Waals surface area contributed by atoms with E-state index in [1.54, 1.807) is 36.4 Å². The highest BCUT2D eigenvalue weighted by Crippen LogP contribution is 2.23. The first-order chi connectivity index (χ1) is 11.4. The maximum Gasteiger partial charge on any atom is 0.212 e. The number of hydrogen-bond acceptors (Lipinski definition) is 3. The first-order valence-corrected chi connectivity index (χ1v) is 8.72. The van der Waals surface area contributed by atoms with Crippen molar-refractivity contribution in [2.45, 2.75) is 6.92 Å². The van der Waals surface area contributed by atoms with E-state index in [1.165, 1.54) is 12.1 Å². The van der Waals surface area contributed by atoms with Gasteiger partial charge in [0.25, 0.3) is 0 Å². The second-order valence-electron chi connectivity index (χ2n) is 4.92. The molecule has 0 spiro atoms. The maximum absolute atomic E-state index is 12.5. The zero-order valence-corrected chi connectivity index (χ0v) is 15.9. The van der Waals surface area contributed by atoms with Gasteiger partial charge in [0.05, 0.1) is 21.3 Å². The molecule has 1 N–H and O–H groups in total. The third-order valence-corrected chi connectivity index (χ3v) is 4.42. The Morgan fingerprint density at radius 3 is 2.58 bits per heavy atom. The second-order valence-corrected chi connectivity index (χ2v) is 6.65. The molecule has 3 nitrogen and oxygen atoms in total. The van der Waals surface area contributed by atoms with Crippen molar-refractivity contribution in [2.75, 3.05) is 11.9 Å². The van der Waals surface area contributed by atoms with Crippen molar-refractivity contribution in [3.63, 3.8) is 0 Å². The van der Waals surface area contributed by atoms with Crippen LogP contribution in [-0.2, 0) is 0 Å². The fourth-order valence-corrected chi connectivity index (χ4v) is 2.69. The highest BCUT2D eigenvalue weighted by molar-refractivity contribution is 9.10. The summed E-state index contributed by atoms with van der Waals surface area (Å²) in [7, 11) is 0. The molecule has 0 atom stereocenters. The fraction of sp³-hybridized carbons (Fsp3) is 0.111. The van der Waals surface area contributed by atoms with Crippen LogP contribution in [0.15, 0.2) is 51.7 Å². The molecular formula is C18H14BrCl2NO2. The molecule has 0 aliphatic rings. The van der Waals surface area contributed by atoms with Gasteiger partial charge in [0.2, 0.25) is 5.43 Å². The first-order valence-electron chi connectivity index (χ1n) is 7.17. The molecule has 0 saturated heterocycles. The minimum Gasteiger partial charge on any atom is -0.382 e. The number of carbonyl (C=O) groups excluding carboxylic acids is 1. The van der Waals surface area contributed by atoms with Gasteiger partial charge in [-0.3, -0.25) is 9.59 Å². The van der Waals surface area contributed by atoms with Crippen molar-refractivity contribution < 1.29 is 4.79 Å². The molecule has 0 aromatic heterocycles. The summed E-state index contributed by atoms with van der Waals surface area (Å²) in [6.45, 7) is 2.47. The normalized spacial score (nSPS) is 10.8. The number of allylic oxidation sites excluding steroid dienone is 1. The maximum atomic E-state index is 12.5. The van der Waals surface area contributed by atoms with Crippen LogP contribution in [0.1, 0.15) is 22.8 Å². The van der Waals surface area contributed by atoms with E-state index in [2.05, 4.69) is 21.2 Å². The van der Waals surface area contributed by atoms with E-state index in [0.29, 0.717) is 26.8 Å². The quantitative estimate of drug-likeness (QED) is 0.511. The molecular weight excluding hydrogens is 413 g/mol. The minimum atomic E-state index is -0.387. The molecule has 2 aromatic rings. The number of ketones is 1. The lowest BCUT2D eigenvalue weighted by atomic mass is 10.1. The molecule has 2 aromatic carbocycles. The average molecular weight is 427 g/mol. The highest BCUT2D eigenvalue weighted by atomic mass is 79.9. The van der Waals surface area contributed by atoms with Crippen LogP contribution in [0.5, 0.6) is 0 Å². The molecule has 2 rings (SSSR count). The summed E-state index contributed by atoms with van der Waals surface area (Å²) in [5.74, 6) is -0.387. The molecule has 0 heterocycles. The minimum absolute atomic E-state index is 0.0825. The van der Waals surface area contributed by atoms with E-state index in [9.17, 15) is 9.59 Å². The van der Waals surface area contributed by atoms with Crippen LogP contribution in [-0.4, -0.2) is 12.3 Å². The summed E-state index contributed by atoms with van der Waals surface area (Å²) < 4.78 is 0.648. The van der Waals surface area contributed by atoms with Gasteiger partial charge < -0.3 is 5.32 Å². The van der Waals surface area contributed by atoms with Gasteiger partial charge in [-0.1, -0.05) is 51.3 Å². The summed E-state index contributed by atoms with van der Waals surface area (Å²) in [4.78, 5) is 24.9. The van der Waals surface area contributed by atoms with Crippen LogP contribution < -0.4 is 10.7 Å². The number of benzene rings is 1. The zero-order chi connectivity index (χ0) is 17.7. The largest absolute Gasteiger partial charge is 0.382 e. The smallest absolute Gasteiger partial charge is 0.212 e. The van der Waals surface area contributed by atoms with Gasteiger partial charge in [-0.05, 0) is 48.9 Å². The lowest BCUT2D eigenvalue weighted by Crippen LogP contribution is -2.15. The highest BCUT2D eigenvalue weighted by Gasteiger charge is 2.10. The Balaban J connectivity index is 2.39. The fourth-order valence-electron chi connectivity index (χ4n) is 2.03. The van der Waals surface area contributed by atoms with Crippen molar-refractivity contribution in [1.82, 2.24) is 0 Å². The standard InChI is InChI=1S/C18H14BrCl2NO2/c1-2-22-16-7-5-12(19)10-13(18(16)24)17(23)8-4-11-3-6-14(20)15(21)9-11/h3-10H,2H2,1H3,(H,22,24)/b8-4+. The van der Waals surface area contributed by atoms with Crippen LogP contribution >= 0.6 is 39.1 Å². The Morgan fingerprint density at radius 1 is 1.17 bits per heavy atom. The van der Waals surface area contributed by atoms with E-state index in [-0.39, 0.29) is 16.8 Å². The van der Waals surface area contributed by atoms with Gasteiger partial charge in [-0.25, -0.2) is 0 Å². The Bertz CT molecular complexity index is 866. The van der Waals surface area contributed by atoms with Gasteiger partial charge >= 0.3 is 0 Å². The summed E-state index contributed by atoms with van der Waals surface area (Å²) in [5, 5.41) is 3.81. The lowest BCUT2D eigenvalue weighted by molar-refractivity contribution is 0.104. The van der Waals surface area contributed by atoms with Gasteiger partial charge in [0.15, 0.2) is 5.78 Å². The van der Waals surface area contributed by atoms with Crippen LogP contribution in [0.3, 0.4) is 0 Å². The van der Waals surface area contributed by atoms with Gasteiger partial charge in [0.1, 0.15) is 0 Å². The molecule has 24 heavy (non-hydrogen) atoms. The SMILES string of the molecule is CCNc1ccc(Br)cc(C(=O)/C=C/c2ccc(Cl)c(Cl)c2)c1=O. The third kappa shape index (κ3) is 4.69. The molecule has 0 bridgehead atoms. The predicted molar refractivity (Wildman–Crippen MR) is 104 cm³/mol. The van der Waals surface area contributed by atoms with Gasteiger partial charge in [-0.15, -0.1) is 0 Å². The second kappa shape index (κ2) is 8.47. The number of carbonyl (C=O) groups is 1. The molecule has 0 aliphatic heterocycles. The van der Waals surface area contributed by atoms with E-state index in [0.717, 1.165) is 5.56 Å². The molecule has 0 saturated carbocycles. The number of hydrogen-bond donors (Lipinski definition) is 1. The van der Waals surface area contributed by atoms with Crippen molar-refractivity contribution in [3.05, 3.63) is 78.3 Å². The Morgan fingerprint density at radius 2 is 1.92 bits per heavy atom. The van der Waals surface area contributed by atoms with E-state index >= 15 is 0 Å². The number of rotatable bonds is 5. The summed E-state index contributed by atoms with van der Waals surface area (Å²) in [6, 6.07) is 9.92. The van der Waals surface area contributed by atoms with Crippen molar-refractivity contribution in [1.29, 1.82) is 0 Å². The van der Waals surface area contributed by atoms with Crippen LogP contribution in [0.25, 0.3) is 6.08 Å². The van der Waals surface area contributed by atoms with E-state index in [4.69, 9.17) is 23.2 Å². The Kier molecular flexibility index (Phi) is 6.60. The number of nitrogens with one attached hydrogen (secondary N) is 1. The summed E-state index contributed by atoms with van der Waals surface area (Å²) in [6.07, 6.45) is 2.94. The summed E-state index contributed by atoms with van der Waals surface area (Å²) in [5.41, 5.74) is 0.844. The molecule has 0 fully saturated rings. The summed E-state index contributed by atoms with van der Waals surface area (Å²) >= 11 is 15.1. The van der Waals surface area contributed by atoms with Crippen LogP contribution in [0, 0.1) is 0 Å². The molecule has 124 valence electrons. The molecule has 0 unspecified atom stereocenters. The Hall–Kier alpha value is -1.62. The lowest BCUT2D eigenvalue weighted by Gasteiger charge is -1.99. The molecule has 0 aliphatic carbocycles. The predicted octanol–water partition coefficient (Wildman–Crippen LogP) is 5.44. The van der Waals surface area contributed by atoms with E-state index < -0.39 is 0 Å². The van der Waals surface area contributed by atoms with E-state index in [1.807, 2.05) is 6.92 Å². The average Bonchev–Trinajstić information content (AvgIpc) is 2.69. The van der Waals surface area contributed by atoms with Gasteiger partial charge in [-0.2, -0.15) is 0 Å². The Labute approximate surface area is 158 Å². The molecule has 0 radical (unpaired) electrons. The number of halogens is 3. The topological polar surface area (TPSA) is 46.2 Å². The monoisotopic (exact) mass is 425 g/mol. The van der Waals surface area contributed by atoms with Crippen molar-refractivity contribution in [3.8, 4) is 0 Å². The zero-order valence-electron chi connectivity index (χ0n) is 12.8. The van der Waals surface area contributed by atoms with Crippen LogP contribution in [0.2, 0.25) is 10.0 Å².